The number of hydrogen-bond donors (Lipinski definition) is 2. The van der Waals surface area contributed by atoms with Gasteiger partial charge in [-0.1, -0.05) is 20.8 Å². The lowest BCUT2D eigenvalue weighted by molar-refractivity contribution is -0.115. The van der Waals surface area contributed by atoms with Crippen LogP contribution < -0.4 is 10.6 Å². The lowest BCUT2D eigenvalue weighted by Crippen LogP contribution is -2.41. The molecule has 0 saturated carbocycles. The van der Waals surface area contributed by atoms with Gasteiger partial charge in [0.05, 0.1) is 6.54 Å². The number of amides is 1. The zero-order valence-electron chi connectivity index (χ0n) is 11.4. The Kier molecular flexibility index (Phi) is 4.84. The van der Waals surface area contributed by atoms with Crippen LogP contribution in [-0.2, 0) is 4.79 Å². The summed E-state index contributed by atoms with van der Waals surface area (Å²) in [6, 6.07) is 5.96. The largest absolute Gasteiger partial charge is 0.325 e. The van der Waals surface area contributed by atoms with Crippen LogP contribution in [0.2, 0.25) is 0 Å². The van der Waals surface area contributed by atoms with Gasteiger partial charge in [0.25, 0.3) is 0 Å². The topological polar surface area (TPSA) is 41.1 Å². The molecular formula is C14H21FN2O. The Balaban J connectivity index is 2.41. The van der Waals surface area contributed by atoms with Crippen molar-refractivity contribution in [1.29, 1.82) is 0 Å². The minimum absolute atomic E-state index is 0.107. The molecule has 1 unspecified atom stereocenters. The van der Waals surface area contributed by atoms with Gasteiger partial charge in [-0.05, 0) is 36.6 Å². The van der Waals surface area contributed by atoms with Gasteiger partial charge in [-0.25, -0.2) is 4.39 Å². The Labute approximate surface area is 108 Å². The second-order valence-corrected chi connectivity index (χ2v) is 5.52. The highest BCUT2D eigenvalue weighted by molar-refractivity contribution is 5.92. The Hall–Kier alpha value is -1.42. The SMILES string of the molecule is CC(NCC(=O)Nc1ccc(F)cc1)C(C)(C)C. The van der Waals surface area contributed by atoms with Crippen LogP contribution in [0.3, 0.4) is 0 Å². The molecule has 0 heterocycles. The van der Waals surface area contributed by atoms with E-state index in [0.29, 0.717) is 5.69 Å². The summed E-state index contributed by atoms with van der Waals surface area (Å²) < 4.78 is 12.7. The number of rotatable bonds is 4. The molecule has 0 saturated heterocycles. The van der Waals surface area contributed by atoms with E-state index >= 15 is 0 Å². The monoisotopic (exact) mass is 252 g/mol. The summed E-state index contributed by atoms with van der Waals surface area (Å²) in [4.78, 5) is 11.7. The molecule has 18 heavy (non-hydrogen) atoms. The second-order valence-electron chi connectivity index (χ2n) is 5.52. The van der Waals surface area contributed by atoms with Crippen molar-refractivity contribution in [3.05, 3.63) is 30.1 Å². The second kappa shape index (κ2) is 5.96. The summed E-state index contributed by atoms with van der Waals surface area (Å²) in [5, 5.41) is 5.88. The number of halogens is 1. The van der Waals surface area contributed by atoms with Crippen LogP contribution in [0.5, 0.6) is 0 Å². The summed E-state index contributed by atoms with van der Waals surface area (Å²) in [5.41, 5.74) is 0.711. The highest BCUT2D eigenvalue weighted by Crippen LogP contribution is 2.18. The summed E-state index contributed by atoms with van der Waals surface area (Å²) in [7, 11) is 0. The molecule has 0 aliphatic rings. The molecule has 1 aromatic carbocycles. The Morgan fingerprint density at radius 2 is 1.83 bits per heavy atom. The average molecular weight is 252 g/mol. The molecule has 0 aromatic heterocycles. The van der Waals surface area contributed by atoms with Crippen LogP contribution in [0.4, 0.5) is 10.1 Å². The molecule has 0 aliphatic carbocycles. The van der Waals surface area contributed by atoms with Gasteiger partial charge in [0.1, 0.15) is 5.82 Å². The van der Waals surface area contributed by atoms with Gasteiger partial charge in [-0.2, -0.15) is 0 Å². The molecule has 0 aliphatic heterocycles. The number of benzene rings is 1. The van der Waals surface area contributed by atoms with E-state index in [2.05, 4.69) is 31.4 Å². The summed E-state index contributed by atoms with van der Waals surface area (Å²) in [5.74, 6) is -0.440. The molecule has 0 fully saturated rings. The molecule has 1 rings (SSSR count). The van der Waals surface area contributed by atoms with E-state index in [1.54, 1.807) is 12.1 Å². The molecule has 0 spiro atoms. The highest BCUT2D eigenvalue weighted by Gasteiger charge is 2.19. The summed E-state index contributed by atoms with van der Waals surface area (Å²) in [6.07, 6.45) is 0. The van der Waals surface area contributed by atoms with Crippen molar-refractivity contribution in [2.45, 2.75) is 33.7 Å². The molecule has 3 nitrogen and oxygen atoms in total. The lowest BCUT2D eigenvalue weighted by atomic mass is 9.88. The maximum absolute atomic E-state index is 12.7. The molecular weight excluding hydrogens is 231 g/mol. The van der Waals surface area contributed by atoms with E-state index < -0.39 is 0 Å². The fourth-order valence-corrected chi connectivity index (χ4v) is 1.29. The molecule has 0 bridgehead atoms. The number of anilines is 1. The van der Waals surface area contributed by atoms with E-state index in [9.17, 15) is 9.18 Å². The first-order valence-corrected chi connectivity index (χ1v) is 6.08. The summed E-state index contributed by atoms with van der Waals surface area (Å²) in [6.45, 7) is 8.63. The molecule has 1 atom stereocenters. The molecule has 1 amide bonds. The van der Waals surface area contributed by atoms with E-state index in [-0.39, 0.29) is 29.7 Å². The van der Waals surface area contributed by atoms with Crippen molar-refractivity contribution in [3.8, 4) is 0 Å². The van der Waals surface area contributed by atoms with Gasteiger partial charge in [0, 0.05) is 11.7 Å². The maximum atomic E-state index is 12.7. The molecule has 1 aromatic rings. The number of hydrogen-bond acceptors (Lipinski definition) is 2. The third kappa shape index (κ3) is 4.84. The van der Waals surface area contributed by atoms with E-state index in [4.69, 9.17) is 0 Å². The van der Waals surface area contributed by atoms with Crippen molar-refractivity contribution in [2.75, 3.05) is 11.9 Å². The number of carbonyl (C=O) groups is 1. The normalized spacial score (nSPS) is 13.2. The Morgan fingerprint density at radius 3 is 2.33 bits per heavy atom. The van der Waals surface area contributed by atoms with Gasteiger partial charge in [0.15, 0.2) is 0 Å². The fourth-order valence-electron chi connectivity index (χ4n) is 1.29. The third-order valence-corrected chi connectivity index (χ3v) is 3.00. The van der Waals surface area contributed by atoms with Crippen LogP contribution in [0.1, 0.15) is 27.7 Å². The predicted molar refractivity (Wildman–Crippen MR) is 71.9 cm³/mol. The predicted octanol–water partition coefficient (Wildman–Crippen LogP) is 2.79. The minimum atomic E-state index is -0.313. The van der Waals surface area contributed by atoms with E-state index in [1.165, 1.54) is 12.1 Å². The van der Waals surface area contributed by atoms with Crippen LogP contribution in [0, 0.1) is 11.2 Å². The summed E-state index contributed by atoms with van der Waals surface area (Å²) >= 11 is 0. The van der Waals surface area contributed by atoms with Gasteiger partial charge in [-0.3, -0.25) is 4.79 Å². The first-order chi connectivity index (χ1) is 8.29. The maximum Gasteiger partial charge on any atom is 0.238 e. The van der Waals surface area contributed by atoms with Crippen LogP contribution in [0.25, 0.3) is 0 Å². The van der Waals surface area contributed by atoms with Crippen LogP contribution in [-0.4, -0.2) is 18.5 Å². The van der Waals surface area contributed by atoms with Gasteiger partial charge in [-0.15, -0.1) is 0 Å². The first kappa shape index (κ1) is 14.6. The van der Waals surface area contributed by atoms with Crippen molar-refractivity contribution in [2.24, 2.45) is 5.41 Å². The average Bonchev–Trinajstić information content (AvgIpc) is 2.28. The van der Waals surface area contributed by atoms with Crippen molar-refractivity contribution in [3.63, 3.8) is 0 Å². The quantitative estimate of drug-likeness (QED) is 0.865. The molecule has 4 heteroatoms. The standard InChI is InChI=1S/C14H21FN2O/c1-10(14(2,3)4)16-9-13(18)17-12-7-5-11(15)6-8-12/h5-8,10,16H,9H2,1-4H3,(H,17,18). The van der Waals surface area contributed by atoms with Crippen LogP contribution in [0.15, 0.2) is 24.3 Å². The molecule has 2 N–H and O–H groups in total. The zero-order valence-corrected chi connectivity index (χ0v) is 11.4. The Morgan fingerprint density at radius 1 is 1.28 bits per heavy atom. The van der Waals surface area contributed by atoms with E-state index in [0.717, 1.165) is 0 Å². The van der Waals surface area contributed by atoms with Crippen molar-refractivity contribution >= 4 is 11.6 Å². The third-order valence-electron chi connectivity index (χ3n) is 3.00. The Bertz CT molecular complexity index is 395. The van der Waals surface area contributed by atoms with E-state index in [1.807, 2.05) is 6.92 Å². The van der Waals surface area contributed by atoms with Gasteiger partial charge < -0.3 is 10.6 Å². The highest BCUT2D eigenvalue weighted by atomic mass is 19.1. The minimum Gasteiger partial charge on any atom is -0.325 e. The molecule has 100 valence electrons. The lowest BCUT2D eigenvalue weighted by Gasteiger charge is -2.27. The number of carbonyl (C=O) groups excluding carboxylic acids is 1. The van der Waals surface area contributed by atoms with Gasteiger partial charge >= 0.3 is 0 Å². The zero-order chi connectivity index (χ0) is 13.8. The first-order valence-electron chi connectivity index (χ1n) is 6.08. The van der Waals surface area contributed by atoms with Crippen molar-refractivity contribution in [1.82, 2.24) is 5.32 Å². The van der Waals surface area contributed by atoms with Crippen LogP contribution >= 0.6 is 0 Å². The van der Waals surface area contributed by atoms with Crippen molar-refractivity contribution < 1.29 is 9.18 Å². The number of nitrogens with one attached hydrogen (secondary N) is 2. The van der Waals surface area contributed by atoms with Gasteiger partial charge in [0.2, 0.25) is 5.91 Å². The smallest absolute Gasteiger partial charge is 0.238 e. The molecule has 0 radical (unpaired) electrons. The fraction of sp³-hybridized carbons (Fsp3) is 0.500.